The average molecular weight is 377 g/mol. The Hall–Kier alpha value is -3.47. The molecule has 0 aliphatic heterocycles. The molecule has 0 aliphatic rings. The average Bonchev–Trinajstić information content (AvgIpc) is 2.74. The van der Waals surface area contributed by atoms with Gasteiger partial charge >= 0.3 is 0 Å². The summed E-state index contributed by atoms with van der Waals surface area (Å²) >= 11 is 0. The molecule has 0 radical (unpaired) electrons. The van der Waals surface area contributed by atoms with Crippen molar-refractivity contribution in [3.05, 3.63) is 84.4 Å². The van der Waals surface area contributed by atoms with Crippen LogP contribution in [0.4, 0.5) is 5.69 Å². The van der Waals surface area contributed by atoms with Gasteiger partial charge in [0.2, 0.25) is 0 Å². The van der Waals surface area contributed by atoms with Crippen LogP contribution >= 0.6 is 0 Å². The third-order valence-electron chi connectivity index (χ3n) is 3.90. The molecule has 0 bridgehead atoms. The summed E-state index contributed by atoms with van der Waals surface area (Å²) in [4.78, 5) is 12.6. The van der Waals surface area contributed by atoms with E-state index in [0.717, 1.165) is 5.75 Å². The molecule has 0 spiro atoms. The van der Waals surface area contributed by atoms with Gasteiger partial charge in [-0.25, -0.2) is 0 Å². The minimum Gasteiger partial charge on any atom is -0.492 e. The van der Waals surface area contributed by atoms with E-state index in [4.69, 9.17) is 14.2 Å². The van der Waals surface area contributed by atoms with Gasteiger partial charge in [-0.2, -0.15) is 0 Å². The van der Waals surface area contributed by atoms with Crippen LogP contribution in [0.15, 0.2) is 78.9 Å². The molecule has 1 amide bonds. The molecule has 0 saturated carbocycles. The van der Waals surface area contributed by atoms with Crippen molar-refractivity contribution >= 4 is 11.6 Å². The van der Waals surface area contributed by atoms with E-state index in [1.165, 1.54) is 0 Å². The van der Waals surface area contributed by atoms with Crippen molar-refractivity contribution in [2.45, 2.75) is 6.92 Å². The Morgan fingerprint density at radius 1 is 0.786 bits per heavy atom. The van der Waals surface area contributed by atoms with Gasteiger partial charge in [0.1, 0.15) is 30.5 Å². The number of nitrogens with one attached hydrogen (secondary N) is 1. The first-order chi connectivity index (χ1) is 13.8. The minimum absolute atomic E-state index is 0.224. The predicted octanol–water partition coefficient (Wildman–Crippen LogP) is 4.80. The van der Waals surface area contributed by atoms with Crippen LogP contribution in [-0.2, 0) is 0 Å². The highest BCUT2D eigenvalue weighted by molar-refractivity contribution is 6.05. The SMILES string of the molecule is CCOc1ccccc1NC(=O)c1cccc(OCCOc2ccccc2)c1. The van der Waals surface area contributed by atoms with E-state index < -0.39 is 0 Å². The monoisotopic (exact) mass is 377 g/mol. The molecule has 3 aromatic carbocycles. The van der Waals surface area contributed by atoms with Gasteiger partial charge in [-0.15, -0.1) is 0 Å². The number of carbonyl (C=O) groups excluding carboxylic acids is 1. The van der Waals surface area contributed by atoms with Crippen LogP contribution in [0.1, 0.15) is 17.3 Å². The molecule has 5 heteroatoms. The number of anilines is 1. The van der Waals surface area contributed by atoms with E-state index in [2.05, 4.69) is 5.32 Å². The lowest BCUT2D eigenvalue weighted by Gasteiger charge is -2.12. The van der Waals surface area contributed by atoms with Gasteiger partial charge in [0, 0.05) is 5.56 Å². The van der Waals surface area contributed by atoms with Gasteiger partial charge in [0.05, 0.1) is 12.3 Å². The zero-order valence-electron chi connectivity index (χ0n) is 15.8. The van der Waals surface area contributed by atoms with Gasteiger partial charge in [-0.3, -0.25) is 4.79 Å². The number of benzene rings is 3. The number of rotatable bonds is 9. The van der Waals surface area contributed by atoms with Crippen molar-refractivity contribution < 1.29 is 19.0 Å². The molecule has 0 fully saturated rings. The fraction of sp³-hybridized carbons (Fsp3) is 0.174. The molecule has 28 heavy (non-hydrogen) atoms. The second-order valence-corrected chi connectivity index (χ2v) is 5.92. The Morgan fingerprint density at radius 3 is 2.25 bits per heavy atom. The Morgan fingerprint density at radius 2 is 1.46 bits per heavy atom. The lowest BCUT2D eigenvalue weighted by molar-refractivity contribution is 0.102. The number of carbonyl (C=O) groups is 1. The molecule has 0 unspecified atom stereocenters. The van der Waals surface area contributed by atoms with Gasteiger partial charge in [-0.1, -0.05) is 36.4 Å². The zero-order valence-corrected chi connectivity index (χ0v) is 15.8. The molecular formula is C23H23NO4. The summed E-state index contributed by atoms with van der Waals surface area (Å²) < 4.78 is 16.8. The van der Waals surface area contributed by atoms with E-state index in [1.807, 2.05) is 67.6 Å². The highest BCUT2D eigenvalue weighted by Crippen LogP contribution is 2.24. The standard InChI is InChI=1S/C23H23NO4/c1-2-26-22-14-7-6-13-21(22)24-23(25)18-9-8-12-20(17-18)28-16-15-27-19-10-4-3-5-11-19/h3-14,17H,2,15-16H2,1H3,(H,24,25). The summed E-state index contributed by atoms with van der Waals surface area (Å²) in [7, 11) is 0. The summed E-state index contributed by atoms with van der Waals surface area (Å²) in [6, 6.07) is 24.0. The van der Waals surface area contributed by atoms with Crippen molar-refractivity contribution in [1.29, 1.82) is 0 Å². The normalized spacial score (nSPS) is 10.2. The lowest BCUT2D eigenvalue weighted by Crippen LogP contribution is -2.13. The van der Waals surface area contributed by atoms with Gasteiger partial charge < -0.3 is 19.5 Å². The summed E-state index contributed by atoms with van der Waals surface area (Å²) in [5.74, 6) is 1.83. The van der Waals surface area contributed by atoms with Crippen LogP contribution in [0.5, 0.6) is 17.2 Å². The first kappa shape index (κ1) is 19.3. The third kappa shape index (κ3) is 5.51. The topological polar surface area (TPSA) is 56.8 Å². The summed E-state index contributed by atoms with van der Waals surface area (Å²) in [5.41, 5.74) is 1.14. The molecule has 144 valence electrons. The van der Waals surface area contributed by atoms with E-state index in [0.29, 0.717) is 42.6 Å². The van der Waals surface area contributed by atoms with Crippen molar-refractivity contribution in [1.82, 2.24) is 0 Å². The quantitative estimate of drug-likeness (QED) is 0.545. The van der Waals surface area contributed by atoms with E-state index in [9.17, 15) is 4.79 Å². The van der Waals surface area contributed by atoms with Crippen molar-refractivity contribution in [3.8, 4) is 17.2 Å². The Bertz CT molecular complexity index is 896. The highest BCUT2D eigenvalue weighted by atomic mass is 16.5. The van der Waals surface area contributed by atoms with Crippen LogP contribution in [0.3, 0.4) is 0 Å². The number of para-hydroxylation sites is 3. The molecule has 0 saturated heterocycles. The molecule has 5 nitrogen and oxygen atoms in total. The predicted molar refractivity (Wildman–Crippen MR) is 109 cm³/mol. The molecule has 3 rings (SSSR count). The zero-order chi connectivity index (χ0) is 19.6. The van der Waals surface area contributed by atoms with E-state index >= 15 is 0 Å². The first-order valence-electron chi connectivity index (χ1n) is 9.20. The maximum absolute atomic E-state index is 12.6. The van der Waals surface area contributed by atoms with Gasteiger partial charge in [0.15, 0.2) is 0 Å². The Balaban J connectivity index is 1.56. The fourth-order valence-electron chi connectivity index (χ4n) is 2.61. The molecular weight excluding hydrogens is 354 g/mol. The molecule has 0 heterocycles. The van der Waals surface area contributed by atoms with Crippen molar-refractivity contribution in [3.63, 3.8) is 0 Å². The number of ether oxygens (including phenoxy) is 3. The first-order valence-corrected chi connectivity index (χ1v) is 9.20. The smallest absolute Gasteiger partial charge is 0.255 e. The minimum atomic E-state index is -0.224. The molecule has 0 aromatic heterocycles. The second-order valence-electron chi connectivity index (χ2n) is 5.92. The van der Waals surface area contributed by atoms with Gasteiger partial charge in [-0.05, 0) is 49.4 Å². The maximum atomic E-state index is 12.6. The lowest BCUT2D eigenvalue weighted by atomic mass is 10.2. The van der Waals surface area contributed by atoms with Gasteiger partial charge in [0.25, 0.3) is 5.91 Å². The van der Waals surface area contributed by atoms with Crippen LogP contribution in [0.2, 0.25) is 0 Å². The third-order valence-corrected chi connectivity index (χ3v) is 3.90. The van der Waals surface area contributed by atoms with Crippen LogP contribution in [0, 0.1) is 0 Å². The van der Waals surface area contributed by atoms with E-state index in [-0.39, 0.29) is 5.91 Å². The second kappa shape index (κ2) is 10.0. The Labute approximate surface area is 164 Å². The highest BCUT2D eigenvalue weighted by Gasteiger charge is 2.10. The largest absolute Gasteiger partial charge is 0.492 e. The number of hydrogen-bond acceptors (Lipinski definition) is 4. The Kier molecular flexibility index (Phi) is 6.90. The molecule has 1 N–H and O–H groups in total. The van der Waals surface area contributed by atoms with Crippen LogP contribution in [-0.4, -0.2) is 25.7 Å². The summed E-state index contributed by atoms with van der Waals surface area (Å²) in [6.45, 7) is 3.23. The van der Waals surface area contributed by atoms with Crippen molar-refractivity contribution in [2.24, 2.45) is 0 Å². The van der Waals surface area contributed by atoms with E-state index in [1.54, 1.807) is 18.2 Å². The van der Waals surface area contributed by atoms with Crippen LogP contribution in [0.25, 0.3) is 0 Å². The fourth-order valence-corrected chi connectivity index (χ4v) is 2.61. The maximum Gasteiger partial charge on any atom is 0.255 e. The molecule has 3 aromatic rings. The molecule has 0 atom stereocenters. The van der Waals surface area contributed by atoms with Crippen molar-refractivity contribution in [2.75, 3.05) is 25.1 Å². The summed E-state index contributed by atoms with van der Waals surface area (Å²) in [6.07, 6.45) is 0. The van der Waals surface area contributed by atoms with Crippen LogP contribution < -0.4 is 19.5 Å². The molecule has 0 aliphatic carbocycles. The summed E-state index contributed by atoms with van der Waals surface area (Å²) in [5, 5.41) is 2.88. The number of hydrogen-bond donors (Lipinski definition) is 1. The number of amides is 1.